The fraction of sp³-hybridized carbons (Fsp3) is 0.571. The summed E-state index contributed by atoms with van der Waals surface area (Å²) in [6.45, 7) is 2.24. The first kappa shape index (κ1) is 15.1. The second-order valence-corrected chi connectivity index (χ2v) is 6.39. The Morgan fingerprint density at radius 1 is 1.29 bits per heavy atom. The predicted octanol–water partition coefficient (Wildman–Crippen LogP) is 4.84. The molecule has 1 unspecified atom stereocenters. The third kappa shape index (κ3) is 7.12. The van der Waals surface area contributed by atoms with Crippen molar-refractivity contribution in [3.05, 3.63) is 28.7 Å². The van der Waals surface area contributed by atoms with Gasteiger partial charge in [-0.05, 0) is 24.6 Å². The molecular formula is C14H22BrNS. The standard InChI is InChI=1S/C14H22BrNS/c1-2-3-4-5-8-13(16)11-17-14-9-6-7-12(15)10-14/h6-7,9-10,13H,2-5,8,11,16H2,1H3. The van der Waals surface area contributed by atoms with Crippen molar-refractivity contribution in [2.75, 3.05) is 5.75 Å². The Labute approximate surface area is 118 Å². The molecule has 0 saturated heterocycles. The number of nitrogens with two attached hydrogens (primary N) is 1. The highest BCUT2D eigenvalue weighted by Crippen LogP contribution is 2.23. The van der Waals surface area contributed by atoms with E-state index in [1.807, 2.05) is 11.8 Å². The van der Waals surface area contributed by atoms with Crippen LogP contribution in [0.4, 0.5) is 0 Å². The number of halogens is 1. The average molecular weight is 316 g/mol. The van der Waals surface area contributed by atoms with Gasteiger partial charge in [-0.3, -0.25) is 0 Å². The maximum absolute atomic E-state index is 6.11. The third-order valence-corrected chi connectivity index (χ3v) is 4.36. The van der Waals surface area contributed by atoms with Gasteiger partial charge in [0.05, 0.1) is 0 Å². The van der Waals surface area contributed by atoms with Crippen LogP contribution in [0.1, 0.15) is 39.0 Å². The maximum atomic E-state index is 6.11. The molecule has 0 heterocycles. The number of benzene rings is 1. The van der Waals surface area contributed by atoms with Gasteiger partial charge in [0.25, 0.3) is 0 Å². The molecule has 0 aliphatic carbocycles. The molecule has 3 heteroatoms. The highest BCUT2D eigenvalue weighted by molar-refractivity contribution is 9.10. The molecular weight excluding hydrogens is 294 g/mol. The van der Waals surface area contributed by atoms with E-state index in [-0.39, 0.29) is 0 Å². The van der Waals surface area contributed by atoms with E-state index < -0.39 is 0 Å². The van der Waals surface area contributed by atoms with E-state index in [2.05, 4.69) is 47.1 Å². The predicted molar refractivity (Wildman–Crippen MR) is 81.6 cm³/mol. The van der Waals surface area contributed by atoms with Gasteiger partial charge in [0.2, 0.25) is 0 Å². The Morgan fingerprint density at radius 3 is 2.82 bits per heavy atom. The van der Waals surface area contributed by atoms with Crippen LogP contribution < -0.4 is 5.73 Å². The van der Waals surface area contributed by atoms with Crippen molar-refractivity contribution in [3.8, 4) is 0 Å². The lowest BCUT2D eigenvalue weighted by atomic mass is 10.1. The smallest absolute Gasteiger partial charge is 0.0186 e. The van der Waals surface area contributed by atoms with Gasteiger partial charge in [-0.25, -0.2) is 0 Å². The third-order valence-electron chi connectivity index (χ3n) is 2.69. The first-order chi connectivity index (χ1) is 8.22. The van der Waals surface area contributed by atoms with E-state index in [1.54, 1.807) is 0 Å². The molecule has 1 aromatic rings. The van der Waals surface area contributed by atoms with E-state index in [9.17, 15) is 0 Å². The largest absolute Gasteiger partial charge is 0.327 e. The summed E-state index contributed by atoms with van der Waals surface area (Å²) in [7, 11) is 0. The second kappa shape index (κ2) is 9.01. The number of thioether (sulfide) groups is 1. The van der Waals surface area contributed by atoms with Gasteiger partial charge < -0.3 is 5.73 Å². The van der Waals surface area contributed by atoms with E-state index in [0.29, 0.717) is 6.04 Å². The van der Waals surface area contributed by atoms with Crippen LogP contribution in [0.15, 0.2) is 33.6 Å². The maximum Gasteiger partial charge on any atom is 0.0186 e. The summed E-state index contributed by atoms with van der Waals surface area (Å²) in [4.78, 5) is 1.29. The van der Waals surface area contributed by atoms with Gasteiger partial charge in [0, 0.05) is 21.2 Å². The van der Waals surface area contributed by atoms with Crippen molar-refractivity contribution in [2.24, 2.45) is 5.73 Å². The monoisotopic (exact) mass is 315 g/mol. The summed E-state index contributed by atoms with van der Waals surface area (Å²) in [5.74, 6) is 1.02. The lowest BCUT2D eigenvalue weighted by molar-refractivity contribution is 0.579. The molecule has 1 atom stereocenters. The first-order valence-electron chi connectivity index (χ1n) is 6.36. The molecule has 1 aromatic carbocycles. The van der Waals surface area contributed by atoms with Crippen LogP contribution in [0.2, 0.25) is 0 Å². The zero-order valence-electron chi connectivity index (χ0n) is 10.5. The SMILES string of the molecule is CCCCCCC(N)CSc1cccc(Br)c1. The molecule has 0 fully saturated rings. The molecule has 0 aliphatic rings. The zero-order valence-corrected chi connectivity index (χ0v) is 12.9. The van der Waals surface area contributed by atoms with E-state index in [4.69, 9.17) is 5.73 Å². The van der Waals surface area contributed by atoms with Gasteiger partial charge in [-0.15, -0.1) is 11.8 Å². The Bertz CT molecular complexity index is 317. The summed E-state index contributed by atoms with van der Waals surface area (Å²) < 4.78 is 1.14. The summed E-state index contributed by atoms with van der Waals surface area (Å²) in [5.41, 5.74) is 6.11. The molecule has 0 aromatic heterocycles. The van der Waals surface area contributed by atoms with Gasteiger partial charge in [-0.2, -0.15) is 0 Å². The molecule has 2 N–H and O–H groups in total. The number of unbranched alkanes of at least 4 members (excludes halogenated alkanes) is 3. The topological polar surface area (TPSA) is 26.0 Å². The molecule has 17 heavy (non-hydrogen) atoms. The molecule has 0 aliphatic heterocycles. The molecule has 1 rings (SSSR count). The molecule has 0 amide bonds. The van der Waals surface area contributed by atoms with Crippen molar-refractivity contribution in [2.45, 2.75) is 50.0 Å². The minimum Gasteiger partial charge on any atom is -0.327 e. The van der Waals surface area contributed by atoms with Crippen LogP contribution in [0.3, 0.4) is 0 Å². The zero-order chi connectivity index (χ0) is 12.5. The normalized spacial score (nSPS) is 12.6. The molecule has 96 valence electrons. The molecule has 0 saturated carbocycles. The molecule has 0 spiro atoms. The Balaban J connectivity index is 2.17. The van der Waals surface area contributed by atoms with Crippen LogP contribution >= 0.6 is 27.7 Å². The quantitative estimate of drug-likeness (QED) is 0.548. The van der Waals surface area contributed by atoms with Crippen molar-refractivity contribution in [1.29, 1.82) is 0 Å². The molecule has 0 bridgehead atoms. The minimum absolute atomic E-state index is 0.329. The summed E-state index contributed by atoms with van der Waals surface area (Å²) >= 11 is 5.34. The minimum atomic E-state index is 0.329. The first-order valence-corrected chi connectivity index (χ1v) is 8.14. The van der Waals surface area contributed by atoms with E-state index in [1.165, 1.54) is 30.6 Å². The van der Waals surface area contributed by atoms with Crippen LogP contribution in [-0.2, 0) is 0 Å². The average Bonchev–Trinajstić information content (AvgIpc) is 2.32. The summed E-state index contributed by atoms with van der Waals surface area (Å²) in [5, 5.41) is 0. The van der Waals surface area contributed by atoms with Gasteiger partial charge >= 0.3 is 0 Å². The number of rotatable bonds is 8. The lowest BCUT2D eigenvalue weighted by Crippen LogP contribution is -2.22. The van der Waals surface area contributed by atoms with Crippen LogP contribution in [0.5, 0.6) is 0 Å². The van der Waals surface area contributed by atoms with Crippen molar-refractivity contribution in [1.82, 2.24) is 0 Å². The van der Waals surface area contributed by atoms with Crippen molar-refractivity contribution >= 4 is 27.7 Å². The summed E-state index contributed by atoms with van der Waals surface area (Å²) in [6.07, 6.45) is 6.38. The van der Waals surface area contributed by atoms with Crippen molar-refractivity contribution in [3.63, 3.8) is 0 Å². The van der Waals surface area contributed by atoms with Gasteiger partial charge in [0.1, 0.15) is 0 Å². The Kier molecular flexibility index (Phi) is 7.99. The van der Waals surface area contributed by atoms with Crippen LogP contribution in [0.25, 0.3) is 0 Å². The molecule has 1 nitrogen and oxygen atoms in total. The second-order valence-electron chi connectivity index (χ2n) is 4.38. The highest BCUT2D eigenvalue weighted by Gasteiger charge is 2.03. The van der Waals surface area contributed by atoms with E-state index >= 15 is 0 Å². The van der Waals surface area contributed by atoms with Gasteiger partial charge in [0.15, 0.2) is 0 Å². The highest BCUT2D eigenvalue weighted by atomic mass is 79.9. The number of hydrogen-bond donors (Lipinski definition) is 1. The fourth-order valence-corrected chi connectivity index (χ4v) is 3.19. The van der Waals surface area contributed by atoms with Gasteiger partial charge in [-0.1, -0.05) is 54.6 Å². The Hall–Kier alpha value is 0.01000. The van der Waals surface area contributed by atoms with Crippen molar-refractivity contribution < 1.29 is 0 Å². The fourth-order valence-electron chi connectivity index (χ4n) is 1.68. The lowest BCUT2D eigenvalue weighted by Gasteiger charge is -2.11. The van der Waals surface area contributed by atoms with Crippen LogP contribution in [0, 0.1) is 0 Å². The molecule has 0 radical (unpaired) electrons. The number of hydrogen-bond acceptors (Lipinski definition) is 2. The van der Waals surface area contributed by atoms with Crippen LogP contribution in [-0.4, -0.2) is 11.8 Å². The van der Waals surface area contributed by atoms with E-state index in [0.717, 1.165) is 16.6 Å². The summed E-state index contributed by atoms with van der Waals surface area (Å²) in [6, 6.07) is 8.73. The Morgan fingerprint density at radius 2 is 2.12 bits per heavy atom.